The molecule has 0 radical (unpaired) electrons. The van der Waals surface area contributed by atoms with E-state index >= 15 is 0 Å². The Morgan fingerprint density at radius 2 is 1.87 bits per heavy atom. The summed E-state index contributed by atoms with van der Waals surface area (Å²) in [5, 5.41) is 9.46. The summed E-state index contributed by atoms with van der Waals surface area (Å²) in [5.41, 5.74) is 1.28. The molecule has 0 saturated carbocycles. The normalized spacial score (nSPS) is 16.9. The molecular weight excluding hydrogens is 182 g/mol. The SMILES string of the molecule is N=C/C=C\C=C1\C=c2ccccc2=CC1. The summed E-state index contributed by atoms with van der Waals surface area (Å²) in [4.78, 5) is 0. The van der Waals surface area contributed by atoms with Crippen molar-refractivity contribution in [3.05, 3.63) is 58.5 Å². The van der Waals surface area contributed by atoms with E-state index in [1.807, 2.05) is 6.08 Å². The minimum absolute atomic E-state index is 0.972. The largest absolute Gasteiger partial charge is 0.309 e. The van der Waals surface area contributed by atoms with Gasteiger partial charge in [0.15, 0.2) is 0 Å². The van der Waals surface area contributed by atoms with Gasteiger partial charge in [0.05, 0.1) is 0 Å². The summed E-state index contributed by atoms with van der Waals surface area (Å²) >= 11 is 0. The Labute approximate surface area is 89.3 Å². The zero-order chi connectivity index (χ0) is 10.5. The summed E-state index contributed by atoms with van der Waals surface area (Å²) in [6, 6.07) is 8.38. The molecule has 1 aromatic carbocycles. The monoisotopic (exact) mass is 195 g/mol. The molecule has 0 spiro atoms. The maximum absolute atomic E-state index is 6.88. The van der Waals surface area contributed by atoms with Crippen molar-refractivity contribution in [1.82, 2.24) is 0 Å². The smallest absolute Gasteiger partial charge is 0.0177 e. The van der Waals surface area contributed by atoms with Crippen LogP contribution in [0.5, 0.6) is 0 Å². The van der Waals surface area contributed by atoms with E-state index < -0.39 is 0 Å². The molecule has 0 heterocycles. The van der Waals surface area contributed by atoms with Gasteiger partial charge in [0.2, 0.25) is 0 Å². The topological polar surface area (TPSA) is 23.9 Å². The third-order valence-electron chi connectivity index (χ3n) is 2.41. The molecule has 0 saturated heterocycles. The van der Waals surface area contributed by atoms with Crippen LogP contribution >= 0.6 is 0 Å². The molecule has 0 aromatic heterocycles. The quantitative estimate of drug-likeness (QED) is 0.696. The Balaban J connectivity index is 2.38. The number of benzene rings is 1. The van der Waals surface area contributed by atoms with Gasteiger partial charge in [-0.25, -0.2) is 0 Å². The zero-order valence-corrected chi connectivity index (χ0v) is 8.48. The standard InChI is InChI=1S/C14H13N/c15-10-4-3-5-12-8-9-13-6-1-2-7-14(13)11-12/h1-7,9-11,15H,8H2/b4-3-,12-5+,15-10?. The van der Waals surface area contributed by atoms with Crippen LogP contribution < -0.4 is 10.4 Å². The van der Waals surface area contributed by atoms with E-state index in [0.717, 1.165) is 6.42 Å². The predicted molar refractivity (Wildman–Crippen MR) is 65.2 cm³/mol. The average Bonchev–Trinajstić information content (AvgIpc) is 2.29. The molecule has 1 aromatic rings. The summed E-state index contributed by atoms with van der Waals surface area (Å²) < 4.78 is 0. The van der Waals surface area contributed by atoms with Crippen molar-refractivity contribution in [1.29, 1.82) is 5.41 Å². The van der Waals surface area contributed by atoms with Crippen molar-refractivity contribution in [2.45, 2.75) is 6.42 Å². The van der Waals surface area contributed by atoms with Crippen LogP contribution in [-0.2, 0) is 0 Å². The Hall–Kier alpha value is -1.89. The van der Waals surface area contributed by atoms with Gasteiger partial charge in [-0.3, -0.25) is 0 Å². The van der Waals surface area contributed by atoms with Crippen molar-refractivity contribution in [3.8, 4) is 0 Å². The first-order valence-electron chi connectivity index (χ1n) is 5.03. The fraction of sp³-hybridized carbons (Fsp3) is 0.0714. The number of allylic oxidation sites excluding steroid dienone is 4. The van der Waals surface area contributed by atoms with E-state index in [1.165, 1.54) is 22.2 Å². The lowest BCUT2D eigenvalue weighted by Crippen LogP contribution is -2.26. The fourth-order valence-corrected chi connectivity index (χ4v) is 1.67. The van der Waals surface area contributed by atoms with Gasteiger partial charge < -0.3 is 5.41 Å². The van der Waals surface area contributed by atoms with E-state index in [0.29, 0.717) is 0 Å². The second kappa shape index (κ2) is 4.56. The minimum atomic E-state index is 0.972. The first kappa shape index (κ1) is 9.66. The first-order valence-corrected chi connectivity index (χ1v) is 5.03. The van der Waals surface area contributed by atoms with E-state index in [4.69, 9.17) is 5.41 Å². The minimum Gasteiger partial charge on any atom is -0.309 e. The predicted octanol–water partition coefficient (Wildman–Crippen LogP) is 1.78. The molecule has 1 aliphatic carbocycles. The lowest BCUT2D eigenvalue weighted by atomic mass is 10.0. The molecule has 15 heavy (non-hydrogen) atoms. The van der Waals surface area contributed by atoms with Crippen molar-refractivity contribution in [3.63, 3.8) is 0 Å². The van der Waals surface area contributed by atoms with Crippen LogP contribution in [0, 0.1) is 5.41 Å². The Morgan fingerprint density at radius 3 is 2.67 bits per heavy atom. The summed E-state index contributed by atoms with van der Waals surface area (Å²) in [7, 11) is 0. The maximum atomic E-state index is 6.88. The van der Waals surface area contributed by atoms with E-state index in [2.05, 4.69) is 42.5 Å². The second-order valence-corrected chi connectivity index (χ2v) is 3.47. The third kappa shape index (κ3) is 2.32. The zero-order valence-electron chi connectivity index (χ0n) is 8.48. The van der Waals surface area contributed by atoms with Crippen molar-refractivity contribution < 1.29 is 0 Å². The molecule has 1 N–H and O–H groups in total. The fourth-order valence-electron chi connectivity index (χ4n) is 1.67. The van der Waals surface area contributed by atoms with Gasteiger partial charge in [0.25, 0.3) is 0 Å². The molecule has 0 atom stereocenters. The van der Waals surface area contributed by atoms with Gasteiger partial charge in [0.1, 0.15) is 0 Å². The molecule has 2 rings (SSSR count). The van der Waals surface area contributed by atoms with Crippen LogP contribution in [0.2, 0.25) is 0 Å². The van der Waals surface area contributed by atoms with Crippen LogP contribution in [0.3, 0.4) is 0 Å². The molecule has 0 amide bonds. The summed E-state index contributed by atoms with van der Waals surface area (Å²) in [6.45, 7) is 0. The van der Waals surface area contributed by atoms with Gasteiger partial charge in [-0.1, -0.05) is 48.6 Å². The van der Waals surface area contributed by atoms with E-state index in [9.17, 15) is 0 Å². The summed E-state index contributed by atoms with van der Waals surface area (Å²) in [6.07, 6.45) is 12.4. The molecule has 1 heteroatoms. The van der Waals surface area contributed by atoms with Crippen LogP contribution in [0.15, 0.2) is 48.1 Å². The van der Waals surface area contributed by atoms with Crippen LogP contribution in [0.4, 0.5) is 0 Å². The molecular formula is C14H13N. The van der Waals surface area contributed by atoms with Gasteiger partial charge in [0, 0.05) is 6.21 Å². The molecule has 0 bridgehead atoms. The van der Waals surface area contributed by atoms with Crippen LogP contribution in [0.25, 0.3) is 12.2 Å². The van der Waals surface area contributed by atoms with Crippen LogP contribution in [-0.4, -0.2) is 6.21 Å². The average molecular weight is 195 g/mol. The molecule has 0 unspecified atom stereocenters. The Kier molecular flexibility index (Phi) is 2.93. The van der Waals surface area contributed by atoms with E-state index in [-0.39, 0.29) is 0 Å². The number of hydrogen-bond acceptors (Lipinski definition) is 1. The lowest BCUT2D eigenvalue weighted by molar-refractivity contribution is 1.32. The summed E-state index contributed by atoms with van der Waals surface area (Å²) in [5.74, 6) is 0. The van der Waals surface area contributed by atoms with Gasteiger partial charge in [-0.2, -0.15) is 0 Å². The Morgan fingerprint density at radius 1 is 1.07 bits per heavy atom. The highest BCUT2D eigenvalue weighted by Gasteiger charge is 1.95. The number of hydrogen-bond donors (Lipinski definition) is 1. The number of rotatable bonds is 2. The molecule has 0 fully saturated rings. The number of fused-ring (bicyclic) bond motifs is 1. The maximum Gasteiger partial charge on any atom is 0.0177 e. The number of nitrogens with one attached hydrogen (secondary N) is 1. The van der Waals surface area contributed by atoms with Crippen molar-refractivity contribution in [2.75, 3.05) is 0 Å². The molecule has 1 nitrogen and oxygen atoms in total. The van der Waals surface area contributed by atoms with Gasteiger partial charge in [-0.05, 0) is 28.5 Å². The second-order valence-electron chi connectivity index (χ2n) is 3.47. The van der Waals surface area contributed by atoms with Crippen molar-refractivity contribution >= 4 is 18.4 Å². The highest BCUT2D eigenvalue weighted by molar-refractivity contribution is 5.68. The molecule has 74 valence electrons. The lowest BCUT2D eigenvalue weighted by Gasteiger charge is -2.02. The third-order valence-corrected chi connectivity index (χ3v) is 2.41. The molecule has 1 aliphatic rings. The highest BCUT2D eigenvalue weighted by atomic mass is 14.3. The van der Waals surface area contributed by atoms with Crippen LogP contribution in [0.1, 0.15) is 6.42 Å². The Bertz CT molecular complexity index is 533. The first-order chi connectivity index (χ1) is 7.40. The molecule has 0 aliphatic heterocycles. The van der Waals surface area contributed by atoms with Crippen molar-refractivity contribution in [2.24, 2.45) is 0 Å². The van der Waals surface area contributed by atoms with Gasteiger partial charge >= 0.3 is 0 Å². The van der Waals surface area contributed by atoms with Gasteiger partial charge in [-0.15, -0.1) is 0 Å². The highest BCUT2D eigenvalue weighted by Crippen LogP contribution is 2.06. The van der Waals surface area contributed by atoms with E-state index in [1.54, 1.807) is 6.08 Å².